The SMILES string of the molecule is CCOC(=O)C=C1SCC(=O)N1CCOC(=O)c1cc(=O)c2ccccc2o1. The van der Waals surface area contributed by atoms with Gasteiger partial charge < -0.3 is 18.8 Å². The van der Waals surface area contributed by atoms with Gasteiger partial charge in [0.15, 0.2) is 5.43 Å². The molecule has 0 atom stereocenters. The maximum atomic E-state index is 12.2. The van der Waals surface area contributed by atoms with Gasteiger partial charge in [0.2, 0.25) is 11.7 Å². The van der Waals surface area contributed by atoms with E-state index in [0.29, 0.717) is 10.4 Å². The van der Waals surface area contributed by atoms with Crippen LogP contribution in [0.2, 0.25) is 0 Å². The highest BCUT2D eigenvalue weighted by atomic mass is 32.2. The van der Waals surface area contributed by atoms with Gasteiger partial charge in [0.1, 0.15) is 12.2 Å². The topological polar surface area (TPSA) is 103 Å². The third kappa shape index (κ3) is 4.42. The van der Waals surface area contributed by atoms with E-state index in [0.717, 1.165) is 6.07 Å². The van der Waals surface area contributed by atoms with E-state index in [2.05, 4.69) is 0 Å². The zero-order chi connectivity index (χ0) is 20.1. The molecule has 146 valence electrons. The molecule has 0 unspecified atom stereocenters. The summed E-state index contributed by atoms with van der Waals surface area (Å²) in [6.45, 7) is 1.87. The number of nitrogens with zero attached hydrogens (tertiary/aromatic N) is 1. The van der Waals surface area contributed by atoms with Crippen molar-refractivity contribution < 1.29 is 28.3 Å². The first-order valence-electron chi connectivity index (χ1n) is 8.51. The van der Waals surface area contributed by atoms with Gasteiger partial charge in [-0.25, -0.2) is 9.59 Å². The van der Waals surface area contributed by atoms with Crippen molar-refractivity contribution in [2.75, 3.05) is 25.5 Å². The van der Waals surface area contributed by atoms with Crippen molar-refractivity contribution in [3.63, 3.8) is 0 Å². The van der Waals surface area contributed by atoms with Gasteiger partial charge in [-0.2, -0.15) is 0 Å². The fraction of sp³-hybridized carbons (Fsp3) is 0.263. The summed E-state index contributed by atoms with van der Waals surface area (Å²) in [5, 5.41) is 0.809. The number of fused-ring (bicyclic) bond motifs is 1. The summed E-state index contributed by atoms with van der Waals surface area (Å²) in [4.78, 5) is 49.1. The Morgan fingerprint density at radius 3 is 2.82 bits per heavy atom. The molecule has 0 saturated carbocycles. The van der Waals surface area contributed by atoms with Crippen molar-refractivity contribution in [3.05, 3.63) is 57.4 Å². The number of thioether (sulfide) groups is 1. The molecule has 0 bridgehead atoms. The minimum absolute atomic E-state index is 0.0701. The molecule has 0 aliphatic carbocycles. The highest BCUT2D eigenvalue weighted by Gasteiger charge is 2.27. The predicted molar refractivity (Wildman–Crippen MR) is 102 cm³/mol. The summed E-state index contributed by atoms with van der Waals surface area (Å²) in [6.07, 6.45) is 1.24. The van der Waals surface area contributed by atoms with E-state index < -0.39 is 11.9 Å². The van der Waals surface area contributed by atoms with Crippen LogP contribution in [0.15, 0.2) is 50.6 Å². The van der Waals surface area contributed by atoms with Gasteiger partial charge in [0.05, 0.1) is 35.4 Å². The molecule has 1 aromatic carbocycles. The lowest BCUT2D eigenvalue weighted by molar-refractivity contribution is -0.137. The van der Waals surface area contributed by atoms with Gasteiger partial charge in [-0.3, -0.25) is 9.59 Å². The Hall–Kier alpha value is -3.07. The second-order valence-corrected chi connectivity index (χ2v) is 6.67. The van der Waals surface area contributed by atoms with Gasteiger partial charge in [0.25, 0.3) is 0 Å². The van der Waals surface area contributed by atoms with Crippen LogP contribution in [0.3, 0.4) is 0 Å². The Kier molecular flexibility index (Phi) is 6.15. The molecule has 1 fully saturated rings. The van der Waals surface area contributed by atoms with Crippen LogP contribution < -0.4 is 5.43 Å². The van der Waals surface area contributed by atoms with E-state index in [1.54, 1.807) is 31.2 Å². The number of hydrogen-bond donors (Lipinski definition) is 0. The summed E-state index contributed by atoms with van der Waals surface area (Å²) in [5.74, 6) is -1.57. The number of hydrogen-bond acceptors (Lipinski definition) is 8. The second kappa shape index (κ2) is 8.75. The monoisotopic (exact) mass is 403 g/mol. The fourth-order valence-corrected chi connectivity index (χ4v) is 3.51. The van der Waals surface area contributed by atoms with Crippen molar-refractivity contribution >= 4 is 40.6 Å². The molecular formula is C19H17NO7S. The molecule has 1 saturated heterocycles. The molecule has 3 rings (SSSR count). The maximum absolute atomic E-state index is 12.2. The number of para-hydroxylation sites is 1. The molecule has 1 amide bonds. The first-order chi connectivity index (χ1) is 13.5. The summed E-state index contributed by atoms with van der Waals surface area (Å²) in [6, 6.07) is 7.65. The Morgan fingerprint density at radius 1 is 1.25 bits per heavy atom. The van der Waals surface area contributed by atoms with E-state index >= 15 is 0 Å². The minimum Gasteiger partial charge on any atom is -0.463 e. The van der Waals surface area contributed by atoms with Crippen LogP contribution in [0.1, 0.15) is 17.5 Å². The van der Waals surface area contributed by atoms with Gasteiger partial charge in [0, 0.05) is 6.07 Å². The molecule has 1 aliphatic heterocycles. The molecule has 2 aromatic rings. The van der Waals surface area contributed by atoms with Crippen LogP contribution >= 0.6 is 11.8 Å². The highest BCUT2D eigenvalue weighted by Crippen LogP contribution is 2.28. The van der Waals surface area contributed by atoms with Crippen molar-refractivity contribution in [2.24, 2.45) is 0 Å². The van der Waals surface area contributed by atoms with E-state index in [1.807, 2.05) is 0 Å². The molecule has 8 nitrogen and oxygen atoms in total. The average molecular weight is 403 g/mol. The van der Waals surface area contributed by atoms with Crippen molar-refractivity contribution in [1.82, 2.24) is 4.90 Å². The number of benzene rings is 1. The van der Waals surface area contributed by atoms with E-state index in [-0.39, 0.29) is 48.2 Å². The molecule has 2 heterocycles. The highest BCUT2D eigenvalue weighted by molar-refractivity contribution is 8.04. The Labute approximate surface area is 164 Å². The lowest BCUT2D eigenvalue weighted by Crippen LogP contribution is -2.29. The first-order valence-corrected chi connectivity index (χ1v) is 9.49. The van der Waals surface area contributed by atoms with E-state index in [4.69, 9.17) is 13.9 Å². The quantitative estimate of drug-likeness (QED) is 0.532. The Bertz CT molecular complexity index is 1010. The predicted octanol–water partition coefficient (Wildman–Crippen LogP) is 1.93. The molecule has 0 spiro atoms. The summed E-state index contributed by atoms with van der Waals surface area (Å²) >= 11 is 1.21. The third-order valence-electron chi connectivity index (χ3n) is 3.82. The molecule has 1 aliphatic rings. The Morgan fingerprint density at radius 2 is 2.04 bits per heavy atom. The number of ether oxygens (including phenoxy) is 2. The second-order valence-electron chi connectivity index (χ2n) is 5.68. The number of amides is 1. The number of esters is 2. The van der Waals surface area contributed by atoms with Gasteiger partial charge in [-0.05, 0) is 19.1 Å². The first kappa shape index (κ1) is 19.7. The van der Waals surface area contributed by atoms with Crippen molar-refractivity contribution in [3.8, 4) is 0 Å². The number of carbonyl (C=O) groups excluding carboxylic acids is 3. The molecule has 28 heavy (non-hydrogen) atoms. The van der Waals surface area contributed by atoms with Crippen LogP contribution in [-0.4, -0.2) is 48.3 Å². The zero-order valence-electron chi connectivity index (χ0n) is 15.0. The van der Waals surface area contributed by atoms with Crippen LogP contribution in [-0.2, 0) is 19.1 Å². The molecule has 1 aromatic heterocycles. The van der Waals surface area contributed by atoms with Crippen molar-refractivity contribution in [1.29, 1.82) is 0 Å². The average Bonchev–Trinajstić information content (AvgIpc) is 3.01. The normalized spacial score (nSPS) is 15.2. The molecule has 0 N–H and O–H groups in total. The zero-order valence-corrected chi connectivity index (χ0v) is 15.8. The van der Waals surface area contributed by atoms with Gasteiger partial charge >= 0.3 is 11.9 Å². The summed E-state index contributed by atoms with van der Waals surface area (Å²) < 4.78 is 15.4. The third-order valence-corrected chi connectivity index (χ3v) is 4.85. The van der Waals surface area contributed by atoms with Gasteiger partial charge in [-0.1, -0.05) is 23.9 Å². The minimum atomic E-state index is -0.807. The van der Waals surface area contributed by atoms with Gasteiger partial charge in [-0.15, -0.1) is 0 Å². The lowest BCUT2D eigenvalue weighted by atomic mass is 10.2. The largest absolute Gasteiger partial charge is 0.463 e. The number of carbonyl (C=O) groups is 3. The number of rotatable bonds is 6. The molecule has 0 radical (unpaired) electrons. The van der Waals surface area contributed by atoms with Crippen LogP contribution in [0.25, 0.3) is 11.0 Å². The van der Waals surface area contributed by atoms with Crippen LogP contribution in [0.5, 0.6) is 0 Å². The van der Waals surface area contributed by atoms with Crippen molar-refractivity contribution in [2.45, 2.75) is 6.92 Å². The fourth-order valence-electron chi connectivity index (χ4n) is 2.56. The Balaban J connectivity index is 1.64. The van der Waals surface area contributed by atoms with Crippen LogP contribution in [0, 0.1) is 0 Å². The van der Waals surface area contributed by atoms with E-state index in [9.17, 15) is 19.2 Å². The summed E-state index contributed by atoms with van der Waals surface area (Å²) in [5.41, 5.74) is -0.0627. The standard InChI is InChI=1S/C19H17NO7S/c1-2-25-18(23)10-17-20(16(22)11-28-17)7-8-26-19(24)15-9-13(21)12-5-3-4-6-14(12)27-15/h3-6,9-10H,2,7-8,11H2,1H3. The summed E-state index contributed by atoms with van der Waals surface area (Å²) in [7, 11) is 0. The van der Waals surface area contributed by atoms with E-state index in [1.165, 1.54) is 22.7 Å². The van der Waals surface area contributed by atoms with Crippen LogP contribution in [0.4, 0.5) is 0 Å². The lowest BCUT2D eigenvalue weighted by Gasteiger charge is -2.16. The molecular weight excluding hydrogens is 386 g/mol. The smallest absolute Gasteiger partial charge is 0.374 e. The maximum Gasteiger partial charge on any atom is 0.374 e. The molecule has 9 heteroatoms.